The molecule has 0 aliphatic heterocycles. The second-order valence-electron chi connectivity index (χ2n) is 5.00. The van der Waals surface area contributed by atoms with Gasteiger partial charge in [0, 0.05) is 21.5 Å². The molecule has 0 aliphatic carbocycles. The Morgan fingerprint density at radius 1 is 1.43 bits per heavy atom. The molecule has 1 N–H and O–H groups in total. The summed E-state index contributed by atoms with van der Waals surface area (Å²) in [4.78, 5) is 4.44. The van der Waals surface area contributed by atoms with Crippen molar-refractivity contribution >= 4 is 27.3 Å². The Morgan fingerprint density at radius 2 is 2.24 bits per heavy atom. The molecule has 1 unspecified atom stereocenters. The number of hydrogen-bond acceptors (Lipinski definition) is 4. The van der Waals surface area contributed by atoms with Gasteiger partial charge in [0.1, 0.15) is 12.4 Å². The predicted molar refractivity (Wildman–Crippen MR) is 92.0 cm³/mol. The molecule has 1 atom stereocenters. The van der Waals surface area contributed by atoms with E-state index in [1.54, 1.807) is 11.3 Å². The van der Waals surface area contributed by atoms with Gasteiger partial charge in [0.15, 0.2) is 0 Å². The molecule has 1 aromatic carbocycles. The van der Waals surface area contributed by atoms with Crippen LogP contribution in [-0.2, 0) is 6.61 Å². The van der Waals surface area contributed by atoms with Gasteiger partial charge in [0.2, 0.25) is 0 Å². The monoisotopic (exact) mass is 368 g/mol. The molecule has 5 heteroatoms. The summed E-state index contributed by atoms with van der Waals surface area (Å²) in [5.41, 5.74) is 2.16. The summed E-state index contributed by atoms with van der Waals surface area (Å²) in [6.45, 7) is 7.85. The summed E-state index contributed by atoms with van der Waals surface area (Å²) in [5.74, 6) is 0.908. The lowest BCUT2D eigenvalue weighted by molar-refractivity contribution is 0.295. The van der Waals surface area contributed by atoms with Gasteiger partial charge < -0.3 is 10.1 Å². The first kappa shape index (κ1) is 16.5. The third-order valence-corrected chi connectivity index (χ3v) is 4.50. The number of thiazole rings is 1. The lowest BCUT2D eigenvalue weighted by Gasteiger charge is -2.18. The average molecular weight is 369 g/mol. The molecule has 1 aromatic heterocycles. The third-order valence-electron chi connectivity index (χ3n) is 3.18. The van der Waals surface area contributed by atoms with Gasteiger partial charge >= 0.3 is 0 Å². The summed E-state index contributed by atoms with van der Waals surface area (Å²) in [6.07, 6.45) is 1.12. The van der Waals surface area contributed by atoms with Crippen LogP contribution in [0.3, 0.4) is 0 Å². The van der Waals surface area contributed by atoms with Crippen molar-refractivity contribution < 1.29 is 4.74 Å². The molecule has 0 spiro atoms. The molecule has 0 radical (unpaired) electrons. The predicted octanol–water partition coefficient (Wildman–Crippen LogP) is 4.85. The number of aryl methyl sites for hydroxylation is 1. The molecule has 114 valence electrons. The summed E-state index contributed by atoms with van der Waals surface area (Å²) in [5, 5.41) is 6.62. The first-order valence-electron chi connectivity index (χ1n) is 7.16. The van der Waals surface area contributed by atoms with Crippen LogP contribution in [0.4, 0.5) is 0 Å². The standard InChI is InChI=1S/C16H21BrN2OS/c1-4-7-18-11(2)15-6-5-13(17)8-16(15)20-9-14-10-21-12(3)19-14/h5-6,8,10-11,18H,4,7,9H2,1-3H3. The van der Waals surface area contributed by atoms with Gasteiger partial charge in [-0.15, -0.1) is 11.3 Å². The molecular weight excluding hydrogens is 348 g/mol. The number of hydrogen-bond donors (Lipinski definition) is 1. The fraction of sp³-hybridized carbons (Fsp3) is 0.438. The molecule has 1 heterocycles. The van der Waals surface area contributed by atoms with Crippen LogP contribution in [-0.4, -0.2) is 11.5 Å². The zero-order chi connectivity index (χ0) is 15.2. The molecular formula is C16H21BrN2OS. The Hall–Kier alpha value is -0.910. The highest BCUT2D eigenvalue weighted by molar-refractivity contribution is 9.10. The van der Waals surface area contributed by atoms with Crippen molar-refractivity contribution in [2.24, 2.45) is 0 Å². The fourth-order valence-electron chi connectivity index (χ4n) is 2.09. The van der Waals surface area contributed by atoms with Gasteiger partial charge in [-0.2, -0.15) is 0 Å². The molecule has 0 saturated heterocycles. The maximum absolute atomic E-state index is 5.99. The Morgan fingerprint density at radius 3 is 2.90 bits per heavy atom. The van der Waals surface area contributed by atoms with Gasteiger partial charge in [-0.3, -0.25) is 0 Å². The molecule has 0 saturated carbocycles. The van der Waals surface area contributed by atoms with Crippen molar-refractivity contribution in [3.8, 4) is 5.75 Å². The summed E-state index contributed by atoms with van der Waals surface area (Å²) >= 11 is 5.17. The van der Waals surface area contributed by atoms with Crippen LogP contribution >= 0.6 is 27.3 Å². The van der Waals surface area contributed by atoms with E-state index in [2.05, 4.69) is 52.2 Å². The zero-order valence-corrected chi connectivity index (χ0v) is 15.1. The van der Waals surface area contributed by atoms with Gasteiger partial charge in [-0.05, 0) is 38.9 Å². The number of benzene rings is 1. The van der Waals surface area contributed by atoms with Crippen LogP contribution in [0.1, 0.15) is 42.6 Å². The van der Waals surface area contributed by atoms with Crippen molar-refractivity contribution in [1.82, 2.24) is 10.3 Å². The SMILES string of the molecule is CCCNC(C)c1ccc(Br)cc1OCc1csc(C)n1. The van der Waals surface area contributed by atoms with E-state index in [9.17, 15) is 0 Å². The highest BCUT2D eigenvalue weighted by atomic mass is 79.9. The smallest absolute Gasteiger partial charge is 0.131 e. The Bertz CT molecular complexity index is 585. The van der Waals surface area contributed by atoms with Crippen molar-refractivity contribution in [3.05, 3.63) is 44.3 Å². The van der Waals surface area contributed by atoms with Crippen molar-refractivity contribution in [2.75, 3.05) is 6.54 Å². The molecule has 3 nitrogen and oxygen atoms in total. The summed E-state index contributed by atoms with van der Waals surface area (Å²) in [6, 6.07) is 6.46. The van der Waals surface area contributed by atoms with E-state index in [1.807, 2.05) is 18.4 Å². The minimum atomic E-state index is 0.269. The number of aromatic nitrogens is 1. The van der Waals surface area contributed by atoms with Gasteiger partial charge in [0.25, 0.3) is 0 Å². The van der Waals surface area contributed by atoms with E-state index < -0.39 is 0 Å². The Labute approximate surface area is 138 Å². The second kappa shape index (κ2) is 7.92. The first-order valence-corrected chi connectivity index (χ1v) is 8.84. The van der Waals surface area contributed by atoms with Crippen LogP contribution in [0.25, 0.3) is 0 Å². The number of nitrogens with one attached hydrogen (secondary N) is 1. The first-order chi connectivity index (χ1) is 10.1. The normalized spacial score (nSPS) is 12.4. The van der Waals surface area contributed by atoms with E-state index in [4.69, 9.17) is 4.74 Å². The van der Waals surface area contributed by atoms with Crippen LogP contribution in [0.15, 0.2) is 28.1 Å². The molecule has 0 amide bonds. The molecule has 21 heavy (non-hydrogen) atoms. The van der Waals surface area contributed by atoms with Gasteiger partial charge in [-0.25, -0.2) is 4.98 Å². The lowest BCUT2D eigenvalue weighted by Crippen LogP contribution is -2.20. The van der Waals surface area contributed by atoms with E-state index >= 15 is 0 Å². The van der Waals surface area contributed by atoms with E-state index in [0.717, 1.165) is 33.9 Å². The fourth-order valence-corrected chi connectivity index (χ4v) is 3.03. The topological polar surface area (TPSA) is 34.1 Å². The summed E-state index contributed by atoms with van der Waals surface area (Å²) < 4.78 is 7.02. The number of ether oxygens (including phenoxy) is 1. The minimum absolute atomic E-state index is 0.269. The van der Waals surface area contributed by atoms with Gasteiger partial charge in [-0.1, -0.05) is 28.9 Å². The van der Waals surface area contributed by atoms with E-state index in [1.165, 1.54) is 5.56 Å². The molecule has 2 aromatic rings. The molecule has 0 fully saturated rings. The highest BCUT2D eigenvalue weighted by Gasteiger charge is 2.12. The Balaban J connectivity index is 2.10. The largest absolute Gasteiger partial charge is 0.487 e. The minimum Gasteiger partial charge on any atom is -0.487 e. The van der Waals surface area contributed by atoms with E-state index in [0.29, 0.717) is 6.61 Å². The molecule has 0 bridgehead atoms. The van der Waals surface area contributed by atoms with Crippen LogP contribution in [0.2, 0.25) is 0 Å². The number of halogens is 1. The van der Waals surface area contributed by atoms with Crippen LogP contribution in [0.5, 0.6) is 5.75 Å². The van der Waals surface area contributed by atoms with Crippen LogP contribution in [0, 0.1) is 6.92 Å². The van der Waals surface area contributed by atoms with Crippen molar-refractivity contribution in [1.29, 1.82) is 0 Å². The van der Waals surface area contributed by atoms with Gasteiger partial charge in [0.05, 0.1) is 10.7 Å². The Kier molecular flexibility index (Phi) is 6.21. The van der Waals surface area contributed by atoms with E-state index in [-0.39, 0.29) is 6.04 Å². The lowest BCUT2D eigenvalue weighted by atomic mass is 10.1. The quantitative estimate of drug-likeness (QED) is 0.757. The second-order valence-corrected chi connectivity index (χ2v) is 6.98. The number of rotatable bonds is 7. The zero-order valence-electron chi connectivity index (χ0n) is 12.6. The van der Waals surface area contributed by atoms with Crippen molar-refractivity contribution in [3.63, 3.8) is 0 Å². The number of nitrogens with zero attached hydrogens (tertiary/aromatic N) is 1. The highest BCUT2D eigenvalue weighted by Crippen LogP contribution is 2.29. The van der Waals surface area contributed by atoms with Crippen LogP contribution < -0.4 is 10.1 Å². The van der Waals surface area contributed by atoms with Crippen molar-refractivity contribution in [2.45, 2.75) is 39.8 Å². The maximum atomic E-state index is 5.99. The molecule has 2 rings (SSSR count). The average Bonchev–Trinajstić information content (AvgIpc) is 2.88. The summed E-state index contributed by atoms with van der Waals surface area (Å²) in [7, 11) is 0. The maximum Gasteiger partial charge on any atom is 0.131 e. The third kappa shape index (κ3) is 4.80. The molecule has 0 aliphatic rings.